The van der Waals surface area contributed by atoms with E-state index < -0.39 is 17.8 Å². The lowest BCUT2D eigenvalue weighted by atomic mass is 9.98. The number of ether oxygens (including phenoxy) is 1. The number of pyridine rings is 1. The topological polar surface area (TPSA) is 108 Å². The Morgan fingerprint density at radius 2 is 2.08 bits per heavy atom. The van der Waals surface area contributed by atoms with E-state index in [1.807, 2.05) is 45.0 Å². The molecule has 0 fully saturated rings. The molecule has 2 aromatic carbocycles. The van der Waals surface area contributed by atoms with Gasteiger partial charge in [0.25, 0.3) is 5.91 Å². The molecule has 9 nitrogen and oxygen atoms in total. The van der Waals surface area contributed by atoms with Crippen molar-refractivity contribution in [3.05, 3.63) is 94.6 Å². The second kappa shape index (κ2) is 10.6. The first kappa shape index (κ1) is 25.3. The number of carbonyl (C=O) groups is 1. The van der Waals surface area contributed by atoms with E-state index >= 15 is 0 Å². The van der Waals surface area contributed by atoms with Gasteiger partial charge in [0.1, 0.15) is 42.1 Å². The molecule has 5 aromatic rings. The molecule has 0 radical (unpaired) electrons. The van der Waals surface area contributed by atoms with Crippen LogP contribution in [0.2, 0.25) is 5.02 Å². The number of benzene rings is 2. The maximum atomic E-state index is 14.5. The minimum Gasteiger partial charge on any atom is -0.487 e. The predicted octanol–water partition coefficient (Wildman–Crippen LogP) is 5.67. The van der Waals surface area contributed by atoms with Crippen molar-refractivity contribution in [1.82, 2.24) is 30.0 Å². The first-order valence-electron chi connectivity index (χ1n) is 11.9. The van der Waals surface area contributed by atoms with Crippen LogP contribution in [-0.4, -0.2) is 30.6 Å². The first-order chi connectivity index (χ1) is 18.4. The Hall–Kier alpha value is -4.31. The van der Waals surface area contributed by atoms with Crippen molar-refractivity contribution in [3.8, 4) is 11.4 Å². The molecule has 5 rings (SSSR count). The number of halogens is 2. The summed E-state index contributed by atoms with van der Waals surface area (Å²) < 4.78 is 27.3. The van der Waals surface area contributed by atoms with Crippen molar-refractivity contribution in [2.45, 2.75) is 39.8 Å². The lowest BCUT2D eigenvalue weighted by Crippen LogP contribution is -2.29. The van der Waals surface area contributed by atoms with E-state index in [2.05, 4.69) is 20.4 Å². The molecule has 1 N–H and O–H groups in total. The Morgan fingerprint density at radius 1 is 1.24 bits per heavy atom. The highest BCUT2D eigenvalue weighted by Crippen LogP contribution is 2.33. The highest BCUT2D eigenvalue weighted by Gasteiger charge is 2.22. The summed E-state index contributed by atoms with van der Waals surface area (Å²) in [4.78, 5) is 25.5. The number of aromatic nitrogens is 5. The summed E-state index contributed by atoms with van der Waals surface area (Å²) in [7, 11) is 0. The summed E-state index contributed by atoms with van der Waals surface area (Å²) in [6.07, 6.45) is 4.39. The molecule has 0 aliphatic carbocycles. The zero-order valence-electron chi connectivity index (χ0n) is 20.9. The van der Waals surface area contributed by atoms with Gasteiger partial charge in [0.15, 0.2) is 12.1 Å². The number of rotatable bonds is 8. The van der Waals surface area contributed by atoms with Gasteiger partial charge in [-0.2, -0.15) is 5.10 Å². The third-order valence-electron chi connectivity index (χ3n) is 6.18. The van der Waals surface area contributed by atoms with E-state index in [1.54, 1.807) is 4.68 Å². The Balaban J connectivity index is 1.49. The van der Waals surface area contributed by atoms with Gasteiger partial charge in [-0.1, -0.05) is 30.7 Å². The van der Waals surface area contributed by atoms with Gasteiger partial charge in [0.05, 0.1) is 16.8 Å². The first-order valence-corrected chi connectivity index (χ1v) is 12.3. The Morgan fingerprint density at radius 3 is 2.79 bits per heavy atom. The molecule has 3 aromatic heterocycles. The quantitative estimate of drug-likeness (QED) is 0.273. The minimum atomic E-state index is -0.541. The summed E-state index contributed by atoms with van der Waals surface area (Å²) in [5, 5.41) is 8.24. The largest absolute Gasteiger partial charge is 0.487 e. The van der Waals surface area contributed by atoms with Crippen LogP contribution in [0.3, 0.4) is 0 Å². The molecule has 194 valence electrons. The van der Waals surface area contributed by atoms with Crippen LogP contribution in [0.5, 0.6) is 5.75 Å². The number of oxazole rings is 1. The van der Waals surface area contributed by atoms with Gasteiger partial charge in [-0.3, -0.25) is 4.79 Å². The second-order valence-electron chi connectivity index (χ2n) is 8.71. The van der Waals surface area contributed by atoms with E-state index in [0.29, 0.717) is 28.8 Å². The van der Waals surface area contributed by atoms with Crippen molar-refractivity contribution >= 4 is 28.4 Å². The molecule has 0 saturated carbocycles. The Labute approximate surface area is 222 Å². The van der Waals surface area contributed by atoms with Crippen molar-refractivity contribution < 1.29 is 18.3 Å². The number of para-hydroxylation sites is 1. The lowest BCUT2D eigenvalue weighted by Gasteiger charge is -2.22. The van der Waals surface area contributed by atoms with Crippen LogP contribution in [-0.2, 0) is 6.61 Å². The Bertz CT molecular complexity index is 1620. The average Bonchev–Trinajstić information content (AvgIpc) is 3.58. The number of nitrogens with zero attached hydrogens (tertiary/aromatic N) is 5. The maximum absolute atomic E-state index is 14.5. The lowest BCUT2D eigenvalue weighted by molar-refractivity contribution is 0.0930. The predicted molar refractivity (Wildman–Crippen MR) is 139 cm³/mol. The summed E-state index contributed by atoms with van der Waals surface area (Å²) in [6, 6.07) is 9.60. The summed E-state index contributed by atoms with van der Waals surface area (Å²) >= 11 is 6.50. The van der Waals surface area contributed by atoms with Gasteiger partial charge < -0.3 is 14.5 Å². The number of carbonyl (C=O) groups excluding carboxylic acids is 1. The van der Waals surface area contributed by atoms with Crippen LogP contribution in [0.15, 0.2) is 59.8 Å². The fourth-order valence-corrected chi connectivity index (χ4v) is 4.62. The van der Waals surface area contributed by atoms with E-state index in [-0.39, 0.29) is 17.3 Å². The molecule has 1 atom stereocenters. The van der Waals surface area contributed by atoms with Crippen LogP contribution >= 0.6 is 11.6 Å². The molecule has 38 heavy (non-hydrogen) atoms. The summed E-state index contributed by atoms with van der Waals surface area (Å²) in [6.45, 7) is 5.67. The highest BCUT2D eigenvalue weighted by molar-refractivity contribution is 6.31. The van der Waals surface area contributed by atoms with Crippen molar-refractivity contribution in [1.29, 1.82) is 0 Å². The smallest absolute Gasteiger partial charge is 0.273 e. The molecule has 0 unspecified atom stereocenters. The number of hydrogen-bond donors (Lipinski definition) is 1. The van der Waals surface area contributed by atoms with Gasteiger partial charge in [-0.15, -0.1) is 0 Å². The highest BCUT2D eigenvalue weighted by atomic mass is 35.5. The molecule has 0 aliphatic heterocycles. The van der Waals surface area contributed by atoms with Gasteiger partial charge in [0.2, 0.25) is 0 Å². The van der Waals surface area contributed by atoms with Gasteiger partial charge in [-0.05, 0) is 50.1 Å². The van der Waals surface area contributed by atoms with E-state index in [4.69, 9.17) is 25.7 Å². The third kappa shape index (κ3) is 4.95. The van der Waals surface area contributed by atoms with Crippen molar-refractivity contribution in [3.63, 3.8) is 0 Å². The maximum Gasteiger partial charge on any atom is 0.273 e. The van der Waals surface area contributed by atoms with Crippen LogP contribution in [0.4, 0.5) is 4.39 Å². The number of amides is 1. The van der Waals surface area contributed by atoms with Gasteiger partial charge in [-0.25, -0.2) is 24.0 Å². The minimum absolute atomic E-state index is 0.0250. The monoisotopic (exact) mass is 534 g/mol. The van der Waals surface area contributed by atoms with E-state index in [9.17, 15) is 9.18 Å². The number of hydrogen-bond acceptors (Lipinski definition) is 7. The Kier molecular flexibility index (Phi) is 7.06. The third-order valence-corrected chi connectivity index (χ3v) is 6.51. The summed E-state index contributed by atoms with van der Waals surface area (Å²) in [5.74, 6) is 0.307. The zero-order chi connectivity index (χ0) is 26.8. The molecule has 1 amide bonds. The SMILES string of the molecule is CC[C@H](NC(=O)c1cocn1)c1cc(F)cc(Cl)c1COc1cccc2c(-n3ncnc3C)cc(C)nc12. The van der Waals surface area contributed by atoms with Crippen molar-refractivity contribution in [2.75, 3.05) is 0 Å². The van der Waals surface area contributed by atoms with Gasteiger partial charge in [0, 0.05) is 16.6 Å². The molecular weight excluding hydrogens is 511 g/mol. The van der Waals surface area contributed by atoms with Crippen LogP contribution in [0.25, 0.3) is 16.6 Å². The van der Waals surface area contributed by atoms with Crippen LogP contribution in [0.1, 0.15) is 52.5 Å². The molecule has 0 bridgehead atoms. The second-order valence-corrected chi connectivity index (χ2v) is 9.11. The molecule has 0 saturated heterocycles. The molecule has 0 aliphatic rings. The average molecular weight is 535 g/mol. The number of nitrogens with one attached hydrogen (secondary N) is 1. The number of aryl methyl sites for hydroxylation is 2. The molecule has 11 heteroatoms. The molecule has 0 spiro atoms. The van der Waals surface area contributed by atoms with Crippen LogP contribution < -0.4 is 10.1 Å². The molecule has 3 heterocycles. The van der Waals surface area contributed by atoms with Crippen molar-refractivity contribution in [2.24, 2.45) is 0 Å². The normalized spacial score (nSPS) is 12.0. The van der Waals surface area contributed by atoms with E-state index in [0.717, 1.165) is 22.6 Å². The van der Waals surface area contributed by atoms with Crippen LogP contribution in [0, 0.1) is 19.7 Å². The molecular formula is C27H24ClFN6O3. The zero-order valence-corrected chi connectivity index (χ0v) is 21.7. The fourth-order valence-electron chi connectivity index (χ4n) is 4.35. The van der Waals surface area contributed by atoms with E-state index in [1.165, 1.54) is 31.1 Å². The van der Waals surface area contributed by atoms with Gasteiger partial charge >= 0.3 is 0 Å². The standard InChI is InChI=1S/C27H24ClFN6O3/c1-4-22(34-27(36)23-12-37-14-31-23)19-9-17(29)10-21(28)20(19)11-38-25-7-5-6-18-24(8-15(2)33-26(18)25)35-16(3)30-13-32-35/h5-10,12-14,22H,4,11H2,1-3H3,(H,34,36)/t22-/m0/s1. The number of fused-ring (bicyclic) bond motifs is 1. The summed E-state index contributed by atoms with van der Waals surface area (Å²) in [5.41, 5.74) is 3.44. The fraction of sp³-hybridized carbons (Fsp3) is 0.222.